The first-order valence-corrected chi connectivity index (χ1v) is 12.4. The van der Waals surface area contributed by atoms with Crippen LogP contribution < -0.4 is 15.0 Å². The highest BCUT2D eigenvalue weighted by molar-refractivity contribution is 5.99. The molecule has 3 aliphatic heterocycles. The van der Waals surface area contributed by atoms with Crippen molar-refractivity contribution in [2.75, 3.05) is 44.2 Å². The summed E-state index contributed by atoms with van der Waals surface area (Å²) in [7, 11) is 0. The van der Waals surface area contributed by atoms with Gasteiger partial charge in [0.25, 0.3) is 5.91 Å². The minimum atomic E-state index is -0.119. The van der Waals surface area contributed by atoms with E-state index in [-0.39, 0.29) is 24.1 Å². The van der Waals surface area contributed by atoms with Gasteiger partial charge in [-0.1, -0.05) is 12.1 Å². The lowest BCUT2D eigenvalue weighted by atomic mass is 10.1. The van der Waals surface area contributed by atoms with Crippen LogP contribution in [0.1, 0.15) is 40.9 Å². The van der Waals surface area contributed by atoms with Gasteiger partial charge in [0.15, 0.2) is 0 Å². The molecule has 3 aliphatic rings. The molecule has 8 nitrogen and oxygen atoms in total. The highest BCUT2D eigenvalue weighted by atomic mass is 16.5. The number of carbonyl (C=O) groups is 2. The van der Waals surface area contributed by atoms with E-state index in [1.54, 1.807) is 4.90 Å². The predicted octanol–water partition coefficient (Wildman–Crippen LogP) is 3.17. The monoisotopic (exact) mass is 478 g/mol. The molecular formula is C27H34N4O4. The molecule has 0 radical (unpaired) electrons. The van der Waals surface area contributed by atoms with E-state index in [4.69, 9.17) is 9.47 Å². The van der Waals surface area contributed by atoms with Gasteiger partial charge in [-0.25, -0.2) is 4.79 Å². The summed E-state index contributed by atoms with van der Waals surface area (Å²) in [4.78, 5) is 31.7. The van der Waals surface area contributed by atoms with E-state index in [0.717, 1.165) is 42.2 Å². The molecule has 35 heavy (non-hydrogen) atoms. The minimum absolute atomic E-state index is 0.0523. The fourth-order valence-electron chi connectivity index (χ4n) is 5.31. The van der Waals surface area contributed by atoms with E-state index in [0.29, 0.717) is 38.3 Å². The van der Waals surface area contributed by atoms with Crippen LogP contribution in [0.3, 0.4) is 0 Å². The third-order valence-electron chi connectivity index (χ3n) is 6.90. The van der Waals surface area contributed by atoms with Crippen molar-refractivity contribution >= 4 is 17.6 Å². The van der Waals surface area contributed by atoms with Gasteiger partial charge in [-0.05, 0) is 56.2 Å². The number of benzene rings is 2. The van der Waals surface area contributed by atoms with E-state index in [1.807, 2.05) is 36.1 Å². The van der Waals surface area contributed by atoms with Crippen molar-refractivity contribution in [3.8, 4) is 5.75 Å². The second kappa shape index (κ2) is 9.87. The number of nitrogens with zero attached hydrogens (tertiary/aromatic N) is 3. The third kappa shape index (κ3) is 5.13. The van der Waals surface area contributed by atoms with Crippen LogP contribution >= 0.6 is 0 Å². The molecule has 0 saturated carbocycles. The fraction of sp³-hybridized carbons (Fsp3) is 0.481. The molecule has 2 aromatic carbocycles. The molecular weight excluding hydrogens is 444 g/mol. The van der Waals surface area contributed by atoms with Crippen molar-refractivity contribution in [3.05, 3.63) is 58.7 Å². The van der Waals surface area contributed by atoms with Crippen LogP contribution in [0.5, 0.6) is 5.75 Å². The lowest BCUT2D eigenvalue weighted by Gasteiger charge is -2.35. The summed E-state index contributed by atoms with van der Waals surface area (Å²) in [5.74, 6) is 0.787. The Morgan fingerprint density at radius 2 is 1.89 bits per heavy atom. The Hall–Kier alpha value is -3.10. The Bertz CT molecular complexity index is 1110. The van der Waals surface area contributed by atoms with Gasteiger partial charge in [-0.2, -0.15) is 0 Å². The number of aryl methyl sites for hydroxylation is 1. The second-order valence-corrected chi connectivity index (χ2v) is 9.85. The van der Waals surface area contributed by atoms with E-state index >= 15 is 0 Å². The first-order valence-electron chi connectivity index (χ1n) is 12.4. The predicted molar refractivity (Wildman–Crippen MR) is 134 cm³/mol. The van der Waals surface area contributed by atoms with Crippen LogP contribution in [0.4, 0.5) is 10.5 Å². The molecule has 2 fully saturated rings. The number of carbonyl (C=O) groups excluding carboxylic acids is 2. The number of urea groups is 1. The van der Waals surface area contributed by atoms with Gasteiger partial charge in [0, 0.05) is 56.1 Å². The fourth-order valence-corrected chi connectivity index (χ4v) is 5.31. The van der Waals surface area contributed by atoms with Crippen molar-refractivity contribution in [3.63, 3.8) is 0 Å². The second-order valence-electron chi connectivity index (χ2n) is 9.85. The number of rotatable bonds is 4. The molecule has 3 amide bonds. The molecule has 0 bridgehead atoms. The zero-order chi connectivity index (χ0) is 24.5. The number of fused-ring (bicyclic) bond motifs is 1. The van der Waals surface area contributed by atoms with E-state index in [1.165, 1.54) is 5.56 Å². The summed E-state index contributed by atoms with van der Waals surface area (Å²) in [6, 6.07) is 11.8. The van der Waals surface area contributed by atoms with E-state index in [2.05, 4.69) is 36.2 Å². The van der Waals surface area contributed by atoms with Crippen molar-refractivity contribution in [1.82, 2.24) is 15.1 Å². The molecule has 0 spiro atoms. The standard InChI is InChI=1S/C27H34N4O4/c1-18-4-6-22(13-24(18)31-9-8-28-27(31)33)26(32)30-10-11-34-25-7-5-21(12-23(25)17-30)16-29-14-19(2)35-20(3)15-29/h4-7,12-13,19-20H,8-11,14-17H2,1-3H3,(H,28,33)/t19-,20+. The van der Waals surface area contributed by atoms with Gasteiger partial charge in [0.05, 0.1) is 18.8 Å². The Labute approximate surface area is 206 Å². The van der Waals surface area contributed by atoms with Gasteiger partial charge >= 0.3 is 6.03 Å². The molecule has 3 heterocycles. The quantitative estimate of drug-likeness (QED) is 0.731. The Balaban J connectivity index is 1.34. The molecule has 5 rings (SSSR count). The number of morpholine rings is 1. The molecule has 0 aliphatic carbocycles. The molecule has 2 aromatic rings. The number of amides is 3. The summed E-state index contributed by atoms with van der Waals surface area (Å²) in [5.41, 5.74) is 4.57. The first-order chi connectivity index (χ1) is 16.9. The summed E-state index contributed by atoms with van der Waals surface area (Å²) >= 11 is 0. The molecule has 2 atom stereocenters. The maximum absolute atomic E-state index is 13.5. The van der Waals surface area contributed by atoms with Crippen molar-refractivity contribution in [1.29, 1.82) is 0 Å². The van der Waals surface area contributed by atoms with Crippen LogP contribution in [0.25, 0.3) is 0 Å². The maximum Gasteiger partial charge on any atom is 0.322 e. The van der Waals surface area contributed by atoms with Crippen molar-refractivity contribution in [2.45, 2.75) is 46.1 Å². The maximum atomic E-state index is 13.5. The van der Waals surface area contributed by atoms with Crippen molar-refractivity contribution in [2.24, 2.45) is 0 Å². The highest BCUT2D eigenvalue weighted by Gasteiger charge is 2.27. The van der Waals surface area contributed by atoms with Crippen LogP contribution in [0.15, 0.2) is 36.4 Å². The summed E-state index contributed by atoms with van der Waals surface area (Å²) in [5, 5.41) is 2.83. The molecule has 186 valence electrons. The lowest BCUT2D eigenvalue weighted by molar-refractivity contribution is -0.0705. The Morgan fingerprint density at radius 1 is 1.09 bits per heavy atom. The van der Waals surface area contributed by atoms with Gasteiger partial charge in [-0.3, -0.25) is 14.6 Å². The first kappa shape index (κ1) is 23.6. The summed E-state index contributed by atoms with van der Waals surface area (Å²) in [6.07, 6.45) is 0.448. The average Bonchev–Trinajstić information content (AvgIpc) is 3.12. The molecule has 0 aromatic heterocycles. The summed E-state index contributed by atoms with van der Waals surface area (Å²) < 4.78 is 11.9. The normalized spacial score (nSPS) is 22.9. The number of hydrogen-bond donors (Lipinski definition) is 1. The van der Waals surface area contributed by atoms with Gasteiger partial charge in [-0.15, -0.1) is 0 Å². The largest absolute Gasteiger partial charge is 0.491 e. The number of hydrogen-bond acceptors (Lipinski definition) is 5. The smallest absolute Gasteiger partial charge is 0.322 e. The van der Waals surface area contributed by atoms with Gasteiger partial charge in [0.2, 0.25) is 0 Å². The number of anilines is 1. The number of nitrogens with one attached hydrogen (secondary N) is 1. The van der Waals surface area contributed by atoms with Crippen LogP contribution in [0.2, 0.25) is 0 Å². The molecule has 0 unspecified atom stereocenters. The molecule has 2 saturated heterocycles. The van der Waals surface area contributed by atoms with Crippen LogP contribution in [-0.2, 0) is 17.8 Å². The zero-order valence-electron chi connectivity index (χ0n) is 20.8. The number of ether oxygens (including phenoxy) is 2. The lowest BCUT2D eigenvalue weighted by Crippen LogP contribution is -2.44. The van der Waals surface area contributed by atoms with Crippen molar-refractivity contribution < 1.29 is 19.1 Å². The van der Waals surface area contributed by atoms with Gasteiger partial charge < -0.3 is 19.7 Å². The summed E-state index contributed by atoms with van der Waals surface area (Å²) in [6.45, 7) is 11.5. The Kier molecular flexibility index (Phi) is 6.67. The Morgan fingerprint density at radius 3 is 2.63 bits per heavy atom. The molecule has 8 heteroatoms. The van der Waals surface area contributed by atoms with E-state index < -0.39 is 0 Å². The van der Waals surface area contributed by atoms with Gasteiger partial charge in [0.1, 0.15) is 12.4 Å². The topological polar surface area (TPSA) is 74.4 Å². The third-order valence-corrected chi connectivity index (χ3v) is 6.90. The van der Waals surface area contributed by atoms with E-state index in [9.17, 15) is 9.59 Å². The van der Waals surface area contributed by atoms with Crippen LogP contribution in [-0.4, -0.2) is 73.3 Å². The SMILES string of the molecule is Cc1ccc(C(=O)N2CCOc3ccc(CN4C[C@@H](C)O[C@@H](C)C4)cc3C2)cc1N1CCNC1=O. The molecule has 1 N–H and O–H groups in total. The minimum Gasteiger partial charge on any atom is -0.491 e. The average molecular weight is 479 g/mol. The highest BCUT2D eigenvalue weighted by Crippen LogP contribution is 2.28. The van der Waals surface area contributed by atoms with Crippen LogP contribution in [0, 0.1) is 6.92 Å². The zero-order valence-corrected chi connectivity index (χ0v) is 20.8.